The Balaban J connectivity index is 2.52. The van der Waals surface area contributed by atoms with Crippen LogP contribution in [0, 0.1) is 3.70 Å². The van der Waals surface area contributed by atoms with Crippen molar-refractivity contribution in [3.8, 4) is 5.75 Å². The highest BCUT2D eigenvalue weighted by Crippen LogP contribution is 2.29. The van der Waals surface area contributed by atoms with Crippen LogP contribution in [0.15, 0.2) is 24.4 Å². The van der Waals surface area contributed by atoms with Crippen LogP contribution < -0.4 is 4.74 Å². The van der Waals surface area contributed by atoms with E-state index in [9.17, 15) is 0 Å². The van der Waals surface area contributed by atoms with E-state index < -0.39 is 0 Å². The summed E-state index contributed by atoms with van der Waals surface area (Å²) in [7, 11) is 1.65. The van der Waals surface area contributed by atoms with E-state index in [1.54, 1.807) is 7.11 Å². The highest BCUT2D eigenvalue weighted by molar-refractivity contribution is 14.1. The van der Waals surface area contributed by atoms with E-state index in [0.29, 0.717) is 0 Å². The molecular weight excluding hydrogens is 317 g/mol. The molecule has 0 amide bonds. The van der Waals surface area contributed by atoms with Gasteiger partial charge < -0.3 is 4.74 Å². The van der Waals surface area contributed by atoms with Crippen LogP contribution in [0.4, 0.5) is 0 Å². The van der Waals surface area contributed by atoms with E-state index in [0.717, 1.165) is 31.3 Å². The van der Waals surface area contributed by atoms with Gasteiger partial charge >= 0.3 is 0 Å². The Kier molecular flexibility index (Phi) is 2.20. The fourth-order valence-electron chi connectivity index (χ4n) is 1.79. The SMILES string of the molecule is COc1cccc2c1ncc1c(I)[nH]nc12. The second-order valence-electron chi connectivity index (χ2n) is 3.41. The number of nitrogens with one attached hydrogen (secondary N) is 1. The molecule has 2 aromatic heterocycles. The third-order valence-electron chi connectivity index (χ3n) is 2.55. The molecule has 0 aliphatic carbocycles. The fraction of sp³-hybridized carbons (Fsp3) is 0.0909. The smallest absolute Gasteiger partial charge is 0.145 e. The minimum absolute atomic E-state index is 0.775. The fourth-order valence-corrected chi connectivity index (χ4v) is 2.31. The Morgan fingerprint density at radius 1 is 1.25 bits per heavy atom. The molecular formula is C11H8IN3O. The van der Waals surface area contributed by atoms with Crippen LogP contribution in [0.3, 0.4) is 0 Å². The number of aromatic amines is 1. The lowest BCUT2D eigenvalue weighted by Crippen LogP contribution is -1.87. The van der Waals surface area contributed by atoms with Crippen molar-refractivity contribution in [2.75, 3.05) is 7.11 Å². The lowest BCUT2D eigenvalue weighted by atomic mass is 10.1. The van der Waals surface area contributed by atoms with Crippen LogP contribution in [-0.4, -0.2) is 22.3 Å². The summed E-state index contributed by atoms with van der Waals surface area (Å²) in [4.78, 5) is 4.42. The maximum absolute atomic E-state index is 5.28. The second kappa shape index (κ2) is 3.58. The number of para-hydroxylation sites is 1. The van der Waals surface area contributed by atoms with Crippen molar-refractivity contribution in [2.24, 2.45) is 0 Å². The van der Waals surface area contributed by atoms with Gasteiger partial charge in [-0.2, -0.15) is 5.10 Å². The highest BCUT2D eigenvalue weighted by atomic mass is 127. The topological polar surface area (TPSA) is 50.8 Å². The Morgan fingerprint density at radius 3 is 2.94 bits per heavy atom. The number of ether oxygens (including phenoxy) is 1. The Bertz CT molecular complexity index is 677. The van der Waals surface area contributed by atoms with E-state index in [1.807, 2.05) is 24.4 Å². The second-order valence-corrected chi connectivity index (χ2v) is 4.49. The molecule has 2 heterocycles. The number of aromatic nitrogens is 3. The molecule has 0 unspecified atom stereocenters. The molecule has 0 radical (unpaired) electrons. The number of halogens is 1. The Morgan fingerprint density at radius 2 is 2.12 bits per heavy atom. The number of hydrogen-bond acceptors (Lipinski definition) is 3. The van der Waals surface area contributed by atoms with Crippen molar-refractivity contribution in [1.82, 2.24) is 15.2 Å². The first-order valence-corrected chi connectivity index (χ1v) is 5.84. The van der Waals surface area contributed by atoms with Gasteiger partial charge in [-0.25, -0.2) is 0 Å². The summed E-state index contributed by atoms with van der Waals surface area (Å²) < 4.78 is 6.29. The maximum Gasteiger partial charge on any atom is 0.145 e. The number of methoxy groups -OCH3 is 1. The van der Waals surface area contributed by atoms with Gasteiger partial charge in [0.2, 0.25) is 0 Å². The van der Waals surface area contributed by atoms with Crippen molar-refractivity contribution >= 4 is 44.4 Å². The summed E-state index contributed by atoms with van der Waals surface area (Å²) in [6.07, 6.45) is 1.82. The normalized spacial score (nSPS) is 11.1. The molecule has 0 saturated carbocycles. The highest BCUT2D eigenvalue weighted by Gasteiger charge is 2.10. The van der Waals surface area contributed by atoms with Crippen molar-refractivity contribution in [1.29, 1.82) is 0 Å². The molecule has 0 saturated heterocycles. The molecule has 0 bridgehead atoms. The van der Waals surface area contributed by atoms with Crippen LogP contribution in [-0.2, 0) is 0 Å². The number of rotatable bonds is 1. The van der Waals surface area contributed by atoms with E-state index >= 15 is 0 Å². The zero-order valence-corrected chi connectivity index (χ0v) is 10.6. The number of hydrogen-bond donors (Lipinski definition) is 1. The largest absolute Gasteiger partial charge is 0.494 e. The molecule has 3 aromatic rings. The number of nitrogens with zero attached hydrogens (tertiary/aromatic N) is 2. The monoisotopic (exact) mass is 325 g/mol. The molecule has 1 N–H and O–H groups in total. The van der Waals surface area contributed by atoms with Gasteiger partial charge in [0.25, 0.3) is 0 Å². The van der Waals surface area contributed by atoms with E-state index in [1.165, 1.54) is 0 Å². The van der Waals surface area contributed by atoms with Crippen LogP contribution in [0.1, 0.15) is 0 Å². The minimum Gasteiger partial charge on any atom is -0.494 e. The van der Waals surface area contributed by atoms with Crippen molar-refractivity contribution in [3.63, 3.8) is 0 Å². The first kappa shape index (κ1) is 9.83. The van der Waals surface area contributed by atoms with Crippen molar-refractivity contribution in [2.45, 2.75) is 0 Å². The third-order valence-corrected chi connectivity index (χ3v) is 3.38. The predicted molar refractivity (Wildman–Crippen MR) is 70.7 cm³/mol. The summed E-state index contributed by atoms with van der Waals surface area (Å²) in [6.45, 7) is 0. The molecule has 0 aliphatic heterocycles. The zero-order valence-electron chi connectivity index (χ0n) is 8.49. The van der Waals surface area contributed by atoms with Crippen LogP contribution in [0.5, 0.6) is 5.75 Å². The molecule has 16 heavy (non-hydrogen) atoms. The standard InChI is InChI=1S/C11H8IN3O/c1-16-8-4-2-3-6-9-7(5-13-10(6)8)11(12)15-14-9/h2-5H,1H3,(H,14,15). The van der Waals surface area contributed by atoms with Gasteiger partial charge in [-0.05, 0) is 28.7 Å². The van der Waals surface area contributed by atoms with Crippen molar-refractivity contribution in [3.05, 3.63) is 28.1 Å². The van der Waals surface area contributed by atoms with Crippen LogP contribution >= 0.6 is 22.6 Å². The molecule has 1 aromatic carbocycles. The molecule has 5 heteroatoms. The molecule has 0 atom stereocenters. The van der Waals surface area contributed by atoms with Gasteiger partial charge in [-0.15, -0.1) is 0 Å². The Labute approximate surface area is 105 Å². The third kappa shape index (κ3) is 1.27. The summed E-state index contributed by atoms with van der Waals surface area (Å²) in [5.41, 5.74) is 1.79. The molecule has 80 valence electrons. The van der Waals surface area contributed by atoms with Gasteiger partial charge in [0.05, 0.1) is 12.5 Å². The van der Waals surface area contributed by atoms with Crippen LogP contribution in [0.2, 0.25) is 0 Å². The molecule has 0 spiro atoms. The lowest BCUT2D eigenvalue weighted by molar-refractivity contribution is 0.419. The quantitative estimate of drug-likeness (QED) is 0.700. The van der Waals surface area contributed by atoms with Crippen LogP contribution in [0.25, 0.3) is 21.8 Å². The average molecular weight is 325 g/mol. The molecule has 0 aliphatic rings. The summed E-state index contributed by atoms with van der Waals surface area (Å²) >= 11 is 2.21. The van der Waals surface area contributed by atoms with Gasteiger partial charge in [0, 0.05) is 11.6 Å². The lowest BCUT2D eigenvalue weighted by Gasteiger charge is -2.03. The number of benzene rings is 1. The van der Waals surface area contributed by atoms with E-state index in [-0.39, 0.29) is 0 Å². The van der Waals surface area contributed by atoms with E-state index in [4.69, 9.17) is 4.74 Å². The summed E-state index contributed by atoms with van der Waals surface area (Å²) in [5, 5.41) is 9.31. The van der Waals surface area contributed by atoms with Crippen molar-refractivity contribution < 1.29 is 4.74 Å². The molecule has 3 rings (SSSR count). The number of pyridine rings is 1. The minimum atomic E-state index is 0.775. The first-order valence-electron chi connectivity index (χ1n) is 4.76. The number of H-pyrrole nitrogens is 1. The molecule has 0 fully saturated rings. The van der Waals surface area contributed by atoms with Gasteiger partial charge in [0.15, 0.2) is 0 Å². The van der Waals surface area contributed by atoms with Gasteiger partial charge in [-0.1, -0.05) is 12.1 Å². The number of fused-ring (bicyclic) bond motifs is 3. The zero-order chi connectivity index (χ0) is 11.1. The Hall–Kier alpha value is -1.37. The summed E-state index contributed by atoms with van der Waals surface area (Å²) in [6, 6.07) is 5.85. The van der Waals surface area contributed by atoms with E-state index in [2.05, 4.69) is 37.8 Å². The average Bonchev–Trinajstić information content (AvgIpc) is 2.70. The molecule has 4 nitrogen and oxygen atoms in total. The summed E-state index contributed by atoms with van der Waals surface area (Å²) in [5.74, 6) is 0.775. The predicted octanol–water partition coefficient (Wildman–Crippen LogP) is 2.72. The maximum atomic E-state index is 5.28. The van der Waals surface area contributed by atoms with Gasteiger partial charge in [-0.3, -0.25) is 10.1 Å². The van der Waals surface area contributed by atoms with Gasteiger partial charge in [0.1, 0.15) is 20.5 Å². The first-order chi connectivity index (χ1) is 7.81.